The van der Waals surface area contributed by atoms with Gasteiger partial charge in [0, 0.05) is 30.9 Å². The van der Waals surface area contributed by atoms with Crippen molar-refractivity contribution >= 4 is 28.6 Å². The van der Waals surface area contributed by atoms with Crippen LogP contribution in [0.4, 0.5) is 4.39 Å². The van der Waals surface area contributed by atoms with E-state index in [9.17, 15) is 14.3 Å². The van der Waals surface area contributed by atoms with Crippen molar-refractivity contribution in [3.05, 3.63) is 82.5 Å². The summed E-state index contributed by atoms with van der Waals surface area (Å²) in [6.07, 6.45) is 4.35. The summed E-state index contributed by atoms with van der Waals surface area (Å²) in [5, 5.41) is 9.80. The number of imidazole rings is 1. The van der Waals surface area contributed by atoms with Gasteiger partial charge in [-0.2, -0.15) is 0 Å². The van der Waals surface area contributed by atoms with Gasteiger partial charge in [0.2, 0.25) is 5.88 Å². The topological polar surface area (TPSA) is 98.9 Å². The lowest BCUT2D eigenvalue weighted by Gasteiger charge is -2.32. The van der Waals surface area contributed by atoms with Crippen LogP contribution in [0.3, 0.4) is 0 Å². The summed E-state index contributed by atoms with van der Waals surface area (Å²) >= 11 is 5.84. The molecular formula is C30H30ClFN4O5. The number of carboxylic acids is 1. The molecule has 0 saturated carbocycles. The van der Waals surface area contributed by atoms with Crippen molar-refractivity contribution in [2.75, 3.05) is 19.7 Å². The Kier molecular flexibility index (Phi) is 8.04. The van der Waals surface area contributed by atoms with E-state index in [1.54, 1.807) is 36.5 Å². The molecule has 11 heteroatoms. The van der Waals surface area contributed by atoms with E-state index in [4.69, 9.17) is 30.8 Å². The Bertz CT molecular complexity index is 1550. The molecule has 2 saturated heterocycles. The van der Waals surface area contributed by atoms with Crippen molar-refractivity contribution in [2.24, 2.45) is 0 Å². The van der Waals surface area contributed by atoms with Gasteiger partial charge < -0.3 is 23.9 Å². The normalized spacial score (nSPS) is 17.9. The van der Waals surface area contributed by atoms with Gasteiger partial charge in [-0.3, -0.25) is 4.90 Å². The number of hydrogen-bond donors (Lipinski definition) is 1. The molecule has 2 aromatic carbocycles. The second-order valence-corrected chi connectivity index (χ2v) is 10.8. The van der Waals surface area contributed by atoms with Gasteiger partial charge in [0.1, 0.15) is 18.5 Å². The summed E-state index contributed by atoms with van der Waals surface area (Å²) in [7, 11) is 0. The smallest absolute Gasteiger partial charge is 0.335 e. The van der Waals surface area contributed by atoms with E-state index < -0.39 is 11.8 Å². The first-order valence-electron chi connectivity index (χ1n) is 13.7. The molecule has 4 heterocycles. The second-order valence-electron chi connectivity index (χ2n) is 10.4. The van der Waals surface area contributed by atoms with Crippen LogP contribution in [0.15, 0.2) is 54.7 Å². The van der Waals surface area contributed by atoms with Crippen molar-refractivity contribution in [1.82, 2.24) is 19.4 Å². The summed E-state index contributed by atoms with van der Waals surface area (Å²) in [5.41, 5.74) is 2.58. The van der Waals surface area contributed by atoms with E-state index in [1.165, 1.54) is 12.1 Å². The minimum Gasteiger partial charge on any atom is -0.486 e. The van der Waals surface area contributed by atoms with Crippen molar-refractivity contribution in [3.8, 4) is 11.6 Å². The predicted molar refractivity (Wildman–Crippen MR) is 150 cm³/mol. The lowest BCUT2D eigenvalue weighted by Crippen LogP contribution is -2.39. The van der Waals surface area contributed by atoms with Gasteiger partial charge in [-0.1, -0.05) is 11.6 Å². The number of halogens is 2. The molecule has 0 spiro atoms. The quantitative estimate of drug-likeness (QED) is 0.269. The van der Waals surface area contributed by atoms with Crippen molar-refractivity contribution in [1.29, 1.82) is 0 Å². The Morgan fingerprint density at radius 2 is 1.98 bits per heavy atom. The number of hydrogen-bond acceptors (Lipinski definition) is 7. The van der Waals surface area contributed by atoms with Gasteiger partial charge in [-0.15, -0.1) is 0 Å². The first kappa shape index (κ1) is 27.4. The van der Waals surface area contributed by atoms with Crippen molar-refractivity contribution in [3.63, 3.8) is 0 Å². The minimum absolute atomic E-state index is 0.0208. The molecule has 2 fully saturated rings. The highest BCUT2D eigenvalue weighted by Crippen LogP contribution is 2.27. The number of fused-ring (bicyclic) bond motifs is 1. The molecule has 0 unspecified atom stereocenters. The first-order valence-corrected chi connectivity index (χ1v) is 14.1. The molecule has 1 N–H and O–H groups in total. The summed E-state index contributed by atoms with van der Waals surface area (Å²) in [6.45, 7) is 3.78. The van der Waals surface area contributed by atoms with Crippen LogP contribution in [0, 0.1) is 5.82 Å². The van der Waals surface area contributed by atoms with Crippen LogP contribution in [0.1, 0.15) is 41.0 Å². The maximum atomic E-state index is 14.1. The van der Waals surface area contributed by atoms with Crippen LogP contribution < -0.4 is 9.47 Å². The molecule has 2 aliphatic heterocycles. The monoisotopic (exact) mass is 580 g/mol. The van der Waals surface area contributed by atoms with E-state index in [0.29, 0.717) is 24.0 Å². The van der Waals surface area contributed by atoms with Gasteiger partial charge in [-0.05, 0) is 67.8 Å². The van der Waals surface area contributed by atoms with Gasteiger partial charge in [0.25, 0.3) is 0 Å². The fraction of sp³-hybridized carbons (Fsp3) is 0.367. The average Bonchev–Trinajstić information content (AvgIpc) is 3.28. The first-order chi connectivity index (χ1) is 19.9. The van der Waals surface area contributed by atoms with Gasteiger partial charge >= 0.3 is 5.97 Å². The number of carbonyl (C=O) groups is 1. The van der Waals surface area contributed by atoms with E-state index in [2.05, 4.69) is 14.5 Å². The molecule has 9 nitrogen and oxygen atoms in total. The molecular weight excluding hydrogens is 551 g/mol. The molecule has 214 valence electrons. The summed E-state index contributed by atoms with van der Waals surface area (Å²) in [6, 6.07) is 13.0. The molecule has 0 bridgehead atoms. The third-order valence-electron chi connectivity index (χ3n) is 7.56. The molecule has 2 aliphatic rings. The van der Waals surface area contributed by atoms with Crippen molar-refractivity contribution in [2.45, 2.75) is 51.2 Å². The Labute approximate surface area is 241 Å². The second kappa shape index (κ2) is 12.0. The highest BCUT2D eigenvalue weighted by Gasteiger charge is 2.26. The average molecular weight is 581 g/mol. The van der Waals surface area contributed by atoms with Crippen molar-refractivity contribution < 1.29 is 28.5 Å². The molecule has 0 radical (unpaired) electrons. The summed E-state index contributed by atoms with van der Waals surface area (Å²) in [5.74, 6) is 0.0228. The largest absolute Gasteiger partial charge is 0.486 e. The maximum absolute atomic E-state index is 14.1. The lowest BCUT2D eigenvalue weighted by atomic mass is 10.1. The maximum Gasteiger partial charge on any atom is 0.335 e. The van der Waals surface area contributed by atoms with Crippen LogP contribution in [-0.4, -0.2) is 62.4 Å². The van der Waals surface area contributed by atoms with Gasteiger partial charge in [0.05, 0.1) is 41.4 Å². The Morgan fingerprint density at radius 1 is 1.15 bits per heavy atom. The number of benzene rings is 2. The highest BCUT2D eigenvalue weighted by molar-refractivity contribution is 6.30. The van der Waals surface area contributed by atoms with E-state index in [1.807, 2.05) is 6.07 Å². The standard InChI is InChI=1S/C30H30ClFN4O5/c31-21-4-6-27(24(32)15-21)40-18-20-2-1-10-33-29(20)41-22-7-11-35(12-8-22)17-28-34-25-5-3-19(30(37)38)14-26(25)36(28)16-23-9-13-39-23/h1-6,10,14-15,22-23H,7-9,11-13,16-18H2,(H,37,38)/t23-/m0/s1. The van der Waals surface area contributed by atoms with Crippen LogP contribution in [0.25, 0.3) is 11.0 Å². The third kappa shape index (κ3) is 6.29. The number of aromatic carboxylic acids is 1. The number of likely N-dealkylation sites (tertiary alicyclic amines) is 1. The molecule has 2 aromatic heterocycles. The summed E-state index contributed by atoms with van der Waals surface area (Å²) in [4.78, 5) is 23.2. The minimum atomic E-state index is -0.956. The zero-order chi connectivity index (χ0) is 28.3. The zero-order valence-corrected chi connectivity index (χ0v) is 23.1. The zero-order valence-electron chi connectivity index (χ0n) is 22.3. The highest BCUT2D eigenvalue weighted by atomic mass is 35.5. The SMILES string of the molecule is O=C(O)c1ccc2nc(CN3CCC(Oc4ncccc4COc4ccc(Cl)cc4F)CC3)n(C[C@@H]3CCO3)c2c1. The van der Waals surface area contributed by atoms with Crippen LogP contribution >= 0.6 is 11.6 Å². The molecule has 0 amide bonds. The molecule has 1 atom stereocenters. The van der Waals surface area contributed by atoms with Gasteiger partial charge in [-0.25, -0.2) is 19.2 Å². The van der Waals surface area contributed by atoms with E-state index in [0.717, 1.165) is 61.4 Å². The number of rotatable bonds is 10. The predicted octanol–water partition coefficient (Wildman–Crippen LogP) is 5.33. The Morgan fingerprint density at radius 3 is 2.71 bits per heavy atom. The van der Waals surface area contributed by atoms with Gasteiger partial charge in [0.15, 0.2) is 11.6 Å². The Hall–Kier alpha value is -3.73. The third-order valence-corrected chi connectivity index (χ3v) is 7.79. The van der Waals surface area contributed by atoms with E-state index >= 15 is 0 Å². The molecule has 4 aromatic rings. The number of nitrogens with zero attached hydrogens (tertiary/aromatic N) is 4. The molecule has 41 heavy (non-hydrogen) atoms. The van der Waals surface area contributed by atoms with E-state index in [-0.39, 0.29) is 30.1 Å². The number of aromatic nitrogens is 3. The fourth-order valence-electron chi connectivity index (χ4n) is 5.19. The lowest BCUT2D eigenvalue weighted by molar-refractivity contribution is -0.0592. The number of pyridine rings is 1. The molecule has 0 aliphatic carbocycles. The fourth-order valence-corrected chi connectivity index (χ4v) is 5.35. The number of ether oxygens (including phenoxy) is 3. The molecule has 6 rings (SSSR count). The number of carboxylic acid groups (broad SMARTS) is 1. The van der Waals surface area contributed by atoms with Crippen LogP contribution in [-0.2, 0) is 24.4 Å². The Balaban J connectivity index is 1.09. The van der Waals surface area contributed by atoms with Crippen LogP contribution in [0.2, 0.25) is 5.02 Å². The van der Waals surface area contributed by atoms with Crippen LogP contribution in [0.5, 0.6) is 11.6 Å². The number of piperidine rings is 1. The summed E-state index contributed by atoms with van der Waals surface area (Å²) < 4.78 is 33.9.